The lowest BCUT2D eigenvalue weighted by Gasteiger charge is -2.38. The smallest absolute Gasteiger partial charge is 0.338 e. The van der Waals surface area contributed by atoms with Gasteiger partial charge in [-0.1, -0.05) is 63.2 Å². The van der Waals surface area contributed by atoms with E-state index >= 15 is 0 Å². The van der Waals surface area contributed by atoms with Gasteiger partial charge < -0.3 is 4.74 Å². The van der Waals surface area contributed by atoms with Gasteiger partial charge in [0.25, 0.3) is 0 Å². The van der Waals surface area contributed by atoms with E-state index in [4.69, 9.17) is 4.74 Å². The average molecular weight is 354 g/mol. The minimum absolute atomic E-state index is 0.0899. The van der Waals surface area contributed by atoms with Gasteiger partial charge in [-0.15, -0.1) is 0 Å². The molecule has 0 unspecified atom stereocenters. The van der Waals surface area contributed by atoms with Gasteiger partial charge in [-0.25, -0.2) is 9.18 Å². The van der Waals surface area contributed by atoms with Crippen LogP contribution in [0.3, 0.4) is 0 Å². The number of halogens is 1. The molecule has 0 bridgehead atoms. The molecular formula is C23H27FO2. The Hall–Kier alpha value is -2.16. The van der Waals surface area contributed by atoms with Crippen LogP contribution in [0, 0.1) is 11.3 Å². The molecule has 26 heavy (non-hydrogen) atoms. The lowest BCUT2D eigenvalue weighted by molar-refractivity contribution is -0.0288. The molecule has 1 aliphatic carbocycles. The first-order valence-electron chi connectivity index (χ1n) is 9.35. The maximum absolute atomic E-state index is 14.5. The normalized spacial score (nSPS) is 23.5. The van der Waals surface area contributed by atoms with Crippen molar-refractivity contribution in [2.24, 2.45) is 11.3 Å². The molecule has 138 valence electrons. The Bertz CT molecular complexity index is 731. The number of benzene rings is 2. The summed E-state index contributed by atoms with van der Waals surface area (Å²) in [5.74, 6) is -0.107. The van der Waals surface area contributed by atoms with Gasteiger partial charge in [0, 0.05) is 0 Å². The first kappa shape index (κ1) is 18.6. The molecule has 0 amide bonds. The number of hydrogen-bond acceptors (Lipinski definition) is 2. The molecule has 0 N–H and O–H groups in total. The summed E-state index contributed by atoms with van der Waals surface area (Å²) in [5.41, 5.74) is 2.69. The van der Waals surface area contributed by atoms with E-state index in [1.807, 2.05) is 42.5 Å². The van der Waals surface area contributed by atoms with Gasteiger partial charge in [-0.3, -0.25) is 0 Å². The van der Waals surface area contributed by atoms with Crippen molar-refractivity contribution in [1.82, 2.24) is 0 Å². The number of ether oxygens (including phenoxy) is 1. The fourth-order valence-electron chi connectivity index (χ4n) is 3.64. The second-order valence-corrected chi connectivity index (χ2v) is 8.28. The first-order valence-corrected chi connectivity index (χ1v) is 9.35. The quantitative estimate of drug-likeness (QED) is 0.626. The number of esters is 1. The summed E-state index contributed by atoms with van der Waals surface area (Å²) in [6.45, 7) is 6.43. The summed E-state index contributed by atoms with van der Waals surface area (Å²) < 4.78 is 20.0. The zero-order valence-electron chi connectivity index (χ0n) is 15.7. The summed E-state index contributed by atoms with van der Waals surface area (Å²) in [6.07, 6.45) is 0.246. The van der Waals surface area contributed by atoms with E-state index in [0.717, 1.165) is 17.5 Å². The number of hydrogen-bond donors (Lipinski definition) is 0. The molecule has 3 rings (SSSR count). The van der Waals surface area contributed by atoms with E-state index in [0.29, 0.717) is 24.3 Å². The van der Waals surface area contributed by atoms with Crippen LogP contribution in [-0.2, 0) is 4.74 Å². The van der Waals surface area contributed by atoms with E-state index in [1.165, 1.54) is 0 Å². The highest BCUT2D eigenvalue weighted by Gasteiger charge is 2.37. The molecule has 1 fully saturated rings. The van der Waals surface area contributed by atoms with Crippen LogP contribution in [-0.4, -0.2) is 18.2 Å². The van der Waals surface area contributed by atoms with Crippen molar-refractivity contribution in [2.75, 3.05) is 0 Å². The van der Waals surface area contributed by atoms with Crippen molar-refractivity contribution in [3.63, 3.8) is 0 Å². The Morgan fingerprint density at radius 3 is 2.15 bits per heavy atom. The molecule has 0 aromatic heterocycles. The minimum atomic E-state index is -1.08. The molecule has 0 radical (unpaired) electrons. The Balaban J connectivity index is 1.62. The molecule has 3 heteroatoms. The number of carbonyl (C=O) groups is 1. The summed E-state index contributed by atoms with van der Waals surface area (Å²) in [5, 5.41) is 0. The van der Waals surface area contributed by atoms with Crippen molar-refractivity contribution in [3.8, 4) is 11.1 Å². The molecule has 2 aromatic rings. The summed E-state index contributed by atoms with van der Waals surface area (Å²) in [6, 6.07) is 17.3. The van der Waals surface area contributed by atoms with Crippen LogP contribution in [0.5, 0.6) is 0 Å². The van der Waals surface area contributed by atoms with Crippen molar-refractivity contribution in [3.05, 3.63) is 60.2 Å². The molecule has 0 aliphatic heterocycles. The molecule has 1 saturated carbocycles. The topological polar surface area (TPSA) is 26.3 Å². The standard InChI is InChI=1S/C23H27FO2/c1-23(2,3)19-13-14-21(20(24)15-19)26-22(25)18-11-9-17(10-12-18)16-7-5-4-6-8-16/h4-12,19-21H,13-15H2,1-3H3/t19-,20+,21+/m0/s1. The van der Waals surface area contributed by atoms with E-state index in [-0.39, 0.29) is 5.41 Å². The lowest BCUT2D eigenvalue weighted by atomic mass is 9.71. The van der Waals surface area contributed by atoms with Crippen LogP contribution < -0.4 is 0 Å². The number of alkyl halides is 1. The Labute approximate surface area is 155 Å². The number of rotatable bonds is 3. The third-order valence-corrected chi connectivity index (χ3v) is 5.42. The number of carbonyl (C=O) groups excluding carboxylic acids is 1. The van der Waals surface area contributed by atoms with Crippen LogP contribution in [0.2, 0.25) is 0 Å². The van der Waals surface area contributed by atoms with Crippen LogP contribution in [0.1, 0.15) is 50.4 Å². The van der Waals surface area contributed by atoms with E-state index in [2.05, 4.69) is 20.8 Å². The second-order valence-electron chi connectivity index (χ2n) is 8.28. The van der Waals surface area contributed by atoms with Crippen LogP contribution >= 0.6 is 0 Å². The molecule has 3 atom stereocenters. The highest BCUT2D eigenvalue weighted by Crippen LogP contribution is 2.40. The molecule has 2 aromatic carbocycles. The molecule has 0 heterocycles. The van der Waals surface area contributed by atoms with Gasteiger partial charge in [0.05, 0.1) is 5.56 Å². The highest BCUT2D eigenvalue weighted by atomic mass is 19.1. The van der Waals surface area contributed by atoms with Crippen LogP contribution in [0.15, 0.2) is 54.6 Å². The van der Waals surface area contributed by atoms with Crippen molar-refractivity contribution < 1.29 is 13.9 Å². The summed E-state index contributed by atoms with van der Waals surface area (Å²) in [4.78, 5) is 12.4. The van der Waals surface area contributed by atoms with Gasteiger partial charge in [0.1, 0.15) is 12.3 Å². The van der Waals surface area contributed by atoms with Gasteiger partial charge in [-0.05, 0) is 53.9 Å². The second kappa shape index (κ2) is 7.61. The van der Waals surface area contributed by atoms with E-state index in [1.54, 1.807) is 12.1 Å². The Morgan fingerprint density at radius 1 is 0.962 bits per heavy atom. The van der Waals surface area contributed by atoms with E-state index in [9.17, 15) is 9.18 Å². The van der Waals surface area contributed by atoms with E-state index < -0.39 is 18.2 Å². The highest BCUT2D eigenvalue weighted by molar-refractivity contribution is 5.90. The van der Waals surface area contributed by atoms with Gasteiger partial charge in [0.2, 0.25) is 0 Å². The molecule has 1 aliphatic rings. The third kappa shape index (κ3) is 4.32. The van der Waals surface area contributed by atoms with Crippen molar-refractivity contribution in [2.45, 2.75) is 52.3 Å². The summed E-state index contributed by atoms with van der Waals surface area (Å²) in [7, 11) is 0. The van der Waals surface area contributed by atoms with Gasteiger partial charge in [-0.2, -0.15) is 0 Å². The average Bonchev–Trinajstić information content (AvgIpc) is 2.63. The molecular weight excluding hydrogens is 327 g/mol. The van der Waals surface area contributed by atoms with Crippen molar-refractivity contribution in [1.29, 1.82) is 0 Å². The maximum Gasteiger partial charge on any atom is 0.338 e. The minimum Gasteiger partial charge on any atom is -0.456 e. The van der Waals surface area contributed by atoms with Gasteiger partial charge >= 0.3 is 5.97 Å². The largest absolute Gasteiger partial charge is 0.456 e. The predicted octanol–water partition coefficient (Wildman–Crippen LogP) is 6.06. The first-order chi connectivity index (χ1) is 12.3. The van der Waals surface area contributed by atoms with Gasteiger partial charge in [0.15, 0.2) is 0 Å². The van der Waals surface area contributed by atoms with Crippen LogP contribution in [0.25, 0.3) is 11.1 Å². The molecule has 0 spiro atoms. The SMILES string of the molecule is CC(C)(C)[C@H]1CC[C@@H](OC(=O)c2ccc(-c3ccccc3)cc2)[C@H](F)C1. The Kier molecular flexibility index (Phi) is 5.45. The fraction of sp³-hybridized carbons (Fsp3) is 0.435. The zero-order valence-corrected chi connectivity index (χ0v) is 15.7. The maximum atomic E-state index is 14.5. The zero-order chi connectivity index (χ0) is 18.7. The summed E-state index contributed by atoms with van der Waals surface area (Å²) >= 11 is 0. The third-order valence-electron chi connectivity index (χ3n) is 5.42. The Morgan fingerprint density at radius 2 is 1.58 bits per heavy atom. The molecule has 0 saturated heterocycles. The van der Waals surface area contributed by atoms with Crippen LogP contribution in [0.4, 0.5) is 4.39 Å². The van der Waals surface area contributed by atoms with Crippen molar-refractivity contribution >= 4 is 5.97 Å². The monoisotopic (exact) mass is 354 g/mol. The fourth-order valence-corrected chi connectivity index (χ4v) is 3.64. The molecule has 2 nitrogen and oxygen atoms in total. The predicted molar refractivity (Wildman–Crippen MR) is 103 cm³/mol. The lowest BCUT2D eigenvalue weighted by Crippen LogP contribution is -2.38.